The van der Waals surface area contributed by atoms with Crippen LogP contribution in [-0.2, 0) is 19.6 Å². The number of hydrogen-bond acceptors (Lipinski definition) is 8. The number of aromatic nitrogens is 2. The van der Waals surface area contributed by atoms with Crippen molar-refractivity contribution in [2.45, 2.75) is 35.8 Å². The van der Waals surface area contributed by atoms with E-state index in [2.05, 4.69) is 15.5 Å². The number of carbonyl (C=O) groups is 1. The van der Waals surface area contributed by atoms with Crippen LogP contribution in [-0.4, -0.2) is 60.9 Å². The minimum Gasteiger partial charge on any atom is -0.416 e. The summed E-state index contributed by atoms with van der Waals surface area (Å²) in [5.41, 5.74) is 1.06. The van der Waals surface area contributed by atoms with E-state index in [9.17, 15) is 13.2 Å². The molecular weight excluding hydrogens is 416 g/mol. The number of carbonyl (C=O) groups excluding carboxylic acids is 1. The zero-order valence-electron chi connectivity index (χ0n) is 16.0. The molecule has 0 spiro atoms. The van der Waals surface area contributed by atoms with Crippen molar-refractivity contribution in [2.24, 2.45) is 0 Å². The number of amides is 1. The molecule has 2 heterocycles. The summed E-state index contributed by atoms with van der Waals surface area (Å²) < 4.78 is 38.1. The van der Waals surface area contributed by atoms with Crippen molar-refractivity contribution >= 4 is 33.4 Å². The highest BCUT2D eigenvalue weighted by molar-refractivity contribution is 7.99. The molecule has 1 saturated heterocycles. The van der Waals surface area contributed by atoms with Crippen molar-refractivity contribution in [1.29, 1.82) is 0 Å². The van der Waals surface area contributed by atoms with E-state index >= 15 is 0 Å². The van der Waals surface area contributed by atoms with Crippen LogP contribution in [0.3, 0.4) is 0 Å². The Bertz CT molecular complexity index is 997. The number of nitrogens with zero attached hydrogens (tertiary/aromatic N) is 3. The van der Waals surface area contributed by atoms with Crippen molar-refractivity contribution in [3.63, 3.8) is 0 Å². The topological polar surface area (TPSA) is 115 Å². The van der Waals surface area contributed by atoms with Gasteiger partial charge in [-0.05, 0) is 37.5 Å². The number of nitrogens with one attached hydrogen (secondary N) is 1. The largest absolute Gasteiger partial charge is 0.416 e. The second-order valence-electron chi connectivity index (χ2n) is 7.01. The third-order valence-electron chi connectivity index (χ3n) is 4.74. The molecule has 0 radical (unpaired) electrons. The average Bonchev–Trinajstić information content (AvgIpc) is 3.46. The van der Waals surface area contributed by atoms with Crippen LogP contribution in [0.4, 0.5) is 5.69 Å². The van der Waals surface area contributed by atoms with Crippen molar-refractivity contribution in [1.82, 2.24) is 14.5 Å². The highest BCUT2D eigenvalue weighted by Gasteiger charge is 2.30. The van der Waals surface area contributed by atoms with Gasteiger partial charge in [-0.2, -0.15) is 4.31 Å². The lowest BCUT2D eigenvalue weighted by Crippen LogP contribution is -2.40. The molecule has 1 N–H and O–H groups in total. The smallest absolute Gasteiger partial charge is 0.277 e. The second-order valence-corrected chi connectivity index (χ2v) is 9.85. The molecule has 1 aliphatic heterocycles. The van der Waals surface area contributed by atoms with E-state index in [1.807, 2.05) is 0 Å². The molecule has 156 valence electrons. The van der Waals surface area contributed by atoms with Crippen molar-refractivity contribution in [2.75, 3.05) is 37.4 Å². The standard InChI is InChI=1S/C18H22N4O5S2/c1-12-2-5-14(10-15(12)29(24,25)22-6-8-26-9-7-22)19-16(23)11-28-18-21-20-17(27-18)13-3-4-13/h2,5,10,13H,3-4,6-9,11H2,1H3,(H,19,23). The normalized spacial score (nSPS) is 18.0. The maximum absolute atomic E-state index is 12.9. The summed E-state index contributed by atoms with van der Waals surface area (Å²) in [6.07, 6.45) is 2.13. The number of sulfonamides is 1. The summed E-state index contributed by atoms with van der Waals surface area (Å²) in [5, 5.41) is 11.0. The third kappa shape index (κ3) is 4.80. The lowest BCUT2D eigenvalue weighted by atomic mass is 10.2. The van der Waals surface area contributed by atoms with Crippen molar-refractivity contribution in [3.05, 3.63) is 29.7 Å². The predicted octanol–water partition coefficient (Wildman–Crippen LogP) is 2.01. The zero-order chi connectivity index (χ0) is 20.4. The van der Waals surface area contributed by atoms with E-state index in [4.69, 9.17) is 9.15 Å². The van der Waals surface area contributed by atoms with Gasteiger partial charge in [0.25, 0.3) is 5.22 Å². The summed E-state index contributed by atoms with van der Waals surface area (Å²) in [7, 11) is -3.64. The quantitative estimate of drug-likeness (QED) is 0.653. The van der Waals surface area contributed by atoms with Gasteiger partial charge in [0.2, 0.25) is 21.8 Å². The number of hydrogen-bond donors (Lipinski definition) is 1. The van der Waals surface area contributed by atoms with Crippen LogP contribution >= 0.6 is 11.8 Å². The van der Waals surface area contributed by atoms with Crippen LogP contribution in [0.15, 0.2) is 32.7 Å². The maximum Gasteiger partial charge on any atom is 0.277 e. The Kier molecular flexibility index (Phi) is 5.91. The van der Waals surface area contributed by atoms with Gasteiger partial charge in [0.15, 0.2) is 0 Å². The van der Waals surface area contributed by atoms with E-state index in [1.54, 1.807) is 19.1 Å². The second kappa shape index (κ2) is 8.42. The summed E-state index contributed by atoms with van der Waals surface area (Å²) in [4.78, 5) is 12.5. The van der Waals surface area contributed by atoms with Crippen LogP contribution in [0.1, 0.15) is 30.2 Å². The van der Waals surface area contributed by atoms with Gasteiger partial charge in [-0.25, -0.2) is 8.42 Å². The number of morpholine rings is 1. The monoisotopic (exact) mass is 438 g/mol. The molecule has 2 aromatic rings. The first kappa shape index (κ1) is 20.3. The van der Waals surface area contributed by atoms with Crippen LogP contribution in [0.2, 0.25) is 0 Å². The number of aryl methyl sites for hydroxylation is 1. The fourth-order valence-corrected chi connectivity index (χ4v) is 5.21. The molecule has 11 heteroatoms. The van der Waals surface area contributed by atoms with Gasteiger partial charge >= 0.3 is 0 Å². The molecule has 2 aliphatic rings. The first-order valence-electron chi connectivity index (χ1n) is 9.38. The maximum atomic E-state index is 12.9. The average molecular weight is 439 g/mol. The van der Waals surface area contributed by atoms with Crippen LogP contribution in [0.25, 0.3) is 0 Å². The molecule has 1 saturated carbocycles. The van der Waals surface area contributed by atoms with Crippen LogP contribution in [0, 0.1) is 6.92 Å². The molecule has 0 atom stereocenters. The zero-order valence-corrected chi connectivity index (χ0v) is 17.6. The molecule has 0 unspecified atom stereocenters. The van der Waals surface area contributed by atoms with Gasteiger partial charge in [0, 0.05) is 24.7 Å². The lowest BCUT2D eigenvalue weighted by Gasteiger charge is -2.26. The third-order valence-corrected chi connectivity index (χ3v) is 7.59. The van der Waals surface area contributed by atoms with Gasteiger partial charge in [0.1, 0.15) is 0 Å². The van der Waals surface area contributed by atoms with E-state index in [0.717, 1.165) is 24.6 Å². The van der Waals surface area contributed by atoms with E-state index in [1.165, 1.54) is 10.4 Å². The highest BCUT2D eigenvalue weighted by Crippen LogP contribution is 2.39. The molecule has 4 rings (SSSR count). The van der Waals surface area contributed by atoms with E-state index < -0.39 is 10.0 Å². The molecule has 1 aliphatic carbocycles. The first-order valence-corrected chi connectivity index (χ1v) is 11.8. The Morgan fingerprint density at radius 3 is 2.76 bits per heavy atom. The van der Waals surface area contributed by atoms with Gasteiger partial charge in [-0.1, -0.05) is 17.8 Å². The number of rotatable bonds is 7. The molecule has 0 bridgehead atoms. The van der Waals surface area contributed by atoms with Gasteiger partial charge in [-0.3, -0.25) is 4.79 Å². The van der Waals surface area contributed by atoms with E-state index in [0.29, 0.717) is 54.6 Å². The number of ether oxygens (including phenoxy) is 1. The van der Waals surface area contributed by atoms with Crippen molar-refractivity contribution in [3.8, 4) is 0 Å². The number of benzene rings is 1. The molecule has 1 aromatic carbocycles. The number of thioether (sulfide) groups is 1. The minimum absolute atomic E-state index is 0.0890. The van der Waals surface area contributed by atoms with Gasteiger partial charge < -0.3 is 14.5 Å². The minimum atomic E-state index is -3.64. The molecule has 9 nitrogen and oxygen atoms in total. The van der Waals surface area contributed by atoms with Gasteiger partial charge in [0.05, 0.1) is 23.9 Å². The van der Waals surface area contributed by atoms with Crippen molar-refractivity contribution < 1.29 is 22.4 Å². The molecule has 1 amide bonds. The van der Waals surface area contributed by atoms with Gasteiger partial charge in [-0.15, -0.1) is 10.2 Å². The summed E-state index contributed by atoms with van der Waals surface area (Å²) >= 11 is 1.16. The fraction of sp³-hybridized carbons (Fsp3) is 0.500. The Balaban J connectivity index is 1.40. The molecule has 29 heavy (non-hydrogen) atoms. The Labute approximate surface area is 173 Å². The first-order chi connectivity index (χ1) is 13.9. The summed E-state index contributed by atoms with van der Waals surface area (Å²) in [6.45, 7) is 3.14. The highest BCUT2D eigenvalue weighted by atomic mass is 32.2. The Morgan fingerprint density at radius 1 is 1.28 bits per heavy atom. The summed E-state index contributed by atoms with van der Waals surface area (Å²) in [5.74, 6) is 0.806. The molecular formula is C18H22N4O5S2. The van der Waals surface area contributed by atoms with E-state index in [-0.39, 0.29) is 16.6 Å². The Morgan fingerprint density at radius 2 is 2.03 bits per heavy atom. The predicted molar refractivity (Wildman–Crippen MR) is 106 cm³/mol. The molecule has 1 aromatic heterocycles. The summed E-state index contributed by atoms with van der Waals surface area (Å²) in [6, 6.07) is 4.88. The fourth-order valence-electron chi connectivity index (χ4n) is 2.98. The van der Waals surface area contributed by atoms with Crippen LogP contribution in [0.5, 0.6) is 0 Å². The molecule has 2 fully saturated rings. The van der Waals surface area contributed by atoms with Crippen LogP contribution < -0.4 is 5.32 Å². The SMILES string of the molecule is Cc1ccc(NC(=O)CSc2nnc(C3CC3)o2)cc1S(=O)(=O)N1CCOCC1. The Hall–Kier alpha value is -1.95. The number of anilines is 1. The lowest BCUT2D eigenvalue weighted by molar-refractivity contribution is -0.113.